The van der Waals surface area contributed by atoms with E-state index in [1.165, 1.54) is 17.5 Å². The van der Waals surface area contributed by atoms with Gasteiger partial charge in [-0.1, -0.05) is 56.7 Å². The van der Waals surface area contributed by atoms with E-state index in [4.69, 9.17) is 4.43 Å². The van der Waals surface area contributed by atoms with Crippen molar-refractivity contribution in [1.82, 2.24) is 19.9 Å². The number of aromatic nitrogens is 3. The molecule has 224 valence electrons. The number of carbonyl (C=O) groups is 2. The minimum Gasteiger partial charge on any atom is -0.415 e. The fraction of sp³-hybridized carbons (Fsp3) is 0.424. The van der Waals surface area contributed by atoms with Crippen LogP contribution in [0.25, 0.3) is 10.9 Å². The van der Waals surface area contributed by atoms with Crippen molar-refractivity contribution in [3.63, 3.8) is 0 Å². The van der Waals surface area contributed by atoms with Crippen molar-refractivity contribution < 1.29 is 14.0 Å². The highest BCUT2D eigenvalue weighted by molar-refractivity contribution is 6.74. The highest BCUT2D eigenvalue weighted by Gasteiger charge is 2.37. The fourth-order valence-corrected chi connectivity index (χ4v) is 5.60. The number of aromatic amines is 1. The molecule has 1 atom stereocenters. The molecule has 0 bridgehead atoms. The Labute approximate surface area is 250 Å². The van der Waals surface area contributed by atoms with E-state index >= 15 is 0 Å². The zero-order valence-corrected chi connectivity index (χ0v) is 26.8. The van der Waals surface area contributed by atoms with E-state index in [1.54, 1.807) is 6.20 Å². The van der Waals surface area contributed by atoms with Crippen molar-refractivity contribution in [3.05, 3.63) is 84.1 Å². The number of rotatable bonds is 13. The lowest BCUT2D eigenvalue weighted by molar-refractivity contribution is -0.116. The molecule has 2 amide bonds. The third-order valence-electron chi connectivity index (χ3n) is 8.28. The van der Waals surface area contributed by atoms with Crippen LogP contribution in [0.5, 0.6) is 0 Å². The molecule has 0 aliphatic carbocycles. The number of fused-ring (bicyclic) bond motifs is 1. The summed E-state index contributed by atoms with van der Waals surface area (Å²) in [6.07, 6.45) is 7.99. The monoisotopic (exact) mass is 587 g/mol. The first-order valence-corrected chi connectivity index (χ1v) is 17.7. The maximum absolute atomic E-state index is 12.8. The predicted molar refractivity (Wildman–Crippen MR) is 172 cm³/mol. The molecule has 2 heterocycles. The van der Waals surface area contributed by atoms with Gasteiger partial charge in [0, 0.05) is 31.0 Å². The van der Waals surface area contributed by atoms with Crippen molar-refractivity contribution >= 4 is 36.7 Å². The average Bonchev–Trinajstić information content (AvgIpc) is 3.61. The van der Waals surface area contributed by atoms with Crippen molar-refractivity contribution in [1.29, 1.82) is 0 Å². The molecule has 42 heavy (non-hydrogen) atoms. The topological polar surface area (TPSA) is 101 Å². The van der Waals surface area contributed by atoms with Crippen LogP contribution in [0.2, 0.25) is 18.1 Å². The third-order valence-corrected chi connectivity index (χ3v) is 12.8. The Morgan fingerprint density at radius 1 is 1.10 bits per heavy atom. The van der Waals surface area contributed by atoms with Gasteiger partial charge in [-0.15, -0.1) is 0 Å². The lowest BCUT2D eigenvalue weighted by Gasteiger charge is -2.37. The van der Waals surface area contributed by atoms with E-state index < -0.39 is 8.32 Å². The lowest BCUT2D eigenvalue weighted by atomic mass is 10.1. The molecule has 9 heteroatoms. The Balaban J connectivity index is 1.38. The maximum atomic E-state index is 12.8. The summed E-state index contributed by atoms with van der Waals surface area (Å²) in [5.41, 5.74) is 4.67. The van der Waals surface area contributed by atoms with E-state index in [1.807, 2.05) is 18.2 Å². The van der Waals surface area contributed by atoms with Crippen LogP contribution in [0.4, 0.5) is 5.69 Å². The molecule has 8 nitrogen and oxygen atoms in total. The molecule has 0 spiro atoms. The third kappa shape index (κ3) is 8.42. The first-order chi connectivity index (χ1) is 19.9. The first kappa shape index (κ1) is 31.2. The van der Waals surface area contributed by atoms with E-state index in [2.05, 4.69) is 102 Å². The molecule has 0 radical (unpaired) electrons. The van der Waals surface area contributed by atoms with Gasteiger partial charge in [-0.2, -0.15) is 0 Å². The number of carbonyl (C=O) groups excluding carboxylic acids is 2. The zero-order chi connectivity index (χ0) is 30.3. The predicted octanol–water partition coefficient (Wildman–Crippen LogP) is 6.84. The number of nitrogens with one attached hydrogen (secondary N) is 3. The second kappa shape index (κ2) is 13.5. The van der Waals surface area contributed by atoms with Crippen LogP contribution >= 0.6 is 0 Å². The van der Waals surface area contributed by atoms with Crippen LogP contribution in [0.15, 0.2) is 67.3 Å². The van der Waals surface area contributed by atoms with Crippen molar-refractivity contribution in [2.24, 2.45) is 0 Å². The number of anilines is 1. The molecule has 0 aliphatic heterocycles. The van der Waals surface area contributed by atoms with Gasteiger partial charge in [-0.05, 0) is 73.5 Å². The van der Waals surface area contributed by atoms with E-state index in [0.717, 1.165) is 29.4 Å². The highest BCUT2D eigenvalue weighted by Crippen LogP contribution is 2.36. The van der Waals surface area contributed by atoms with Gasteiger partial charge in [0.2, 0.25) is 5.91 Å². The van der Waals surface area contributed by atoms with Gasteiger partial charge in [-0.3, -0.25) is 9.59 Å². The number of imidazole rings is 1. The highest BCUT2D eigenvalue weighted by atomic mass is 28.4. The van der Waals surface area contributed by atoms with Crippen LogP contribution in [0, 0.1) is 6.92 Å². The van der Waals surface area contributed by atoms with Crippen molar-refractivity contribution in [3.8, 4) is 0 Å². The van der Waals surface area contributed by atoms with Crippen LogP contribution in [-0.4, -0.2) is 47.3 Å². The number of hydrogen-bond donors (Lipinski definition) is 3. The van der Waals surface area contributed by atoms with Gasteiger partial charge in [0.15, 0.2) is 8.32 Å². The van der Waals surface area contributed by atoms with E-state index in [0.29, 0.717) is 31.7 Å². The minimum absolute atomic E-state index is 0.0171. The second-order valence-corrected chi connectivity index (χ2v) is 17.5. The molecular weight excluding hydrogens is 542 g/mol. The van der Waals surface area contributed by atoms with Gasteiger partial charge in [-0.25, -0.2) is 4.98 Å². The van der Waals surface area contributed by atoms with Crippen LogP contribution in [0.1, 0.15) is 61.6 Å². The van der Waals surface area contributed by atoms with E-state index in [9.17, 15) is 9.59 Å². The molecule has 2 aromatic carbocycles. The number of H-pyrrole nitrogens is 1. The van der Waals surface area contributed by atoms with Gasteiger partial charge in [0.05, 0.1) is 24.5 Å². The van der Waals surface area contributed by atoms with Gasteiger partial charge in [0.1, 0.15) is 5.69 Å². The summed E-state index contributed by atoms with van der Waals surface area (Å²) in [5.74, 6) is -0.201. The minimum atomic E-state index is -2.00. The van der Waals surface area contributed by atoms with E-state index in [-0.39, 0.29) is 22.9 Å². The first-order valence-electron chi connectivity index (χ1n) is 14.8. The largest absolute Gasteiger partial charge is 0.415 e. The van der Waals surface area contributed by atoms with Crippen LogP contribution in [-0.2, 0) is 22.2 Å². The summed E-state index contributed by atoms with van der Waals surface area (Å²) in [7, 11) is -2.00. The summed E-state index contributed by atoms with van der Waals surface area (Å²) in [5, 5.41) is 7.37. The Hall–Kier alpha value is -3.69. The summed E-state index contributed by atoms with van der Waals surface area (Å²) in [4.78, 5) is 32.5. The molecule has 0 fully saturated rings. The Morgan fingerprint density at radius 2 is 1.86 bits per heavy atom. The van der Waals surface area contributed by atoms with Gasteiger partial charge in [0.25, 0.3) is 5.91 Å². The summed E-state index contributed by atoms with van der Waals surface area (Å²) >= 11 is 0. The number of nitrogens with zero attached hydrogens (tertiary/aromatic N) is 2. The molecule has 4 rings (SSSR count). The maximum Gasteiger partial charge on any atom is 0.271 e. The standard InChI is InChI=1S/C33H45N5O3Si/c1-24-10-12-25(13-11-24)8-7-9-31(39)36-27-15-14-26-16-18-38(30(26)20-27)19-17-28(22-41-42(5,6)33(2,3)4)37-32(40)29-21-34-23-35-29/h10-16,18,20-21,23,28H,7-9,17,19,22H2,1-6H3,(H,34,35)(H,36,39)(H,37,40)/t28-/m1/s1. The molecule has 0 saturated heterocycles. The number of benzene rings is 2. The van der Waals surface area contributed by atoms with Gasteiger partial charge < -0.3 is 24.6 Å². The zero-order valence-electron chi connectivity index (χ0n) is 25.8. The molecule has 3 N–H and O–H groups in total. The molecule has 0 aliphatic rings. The SMILES string of the molecule is Cc1ccc(CCCC(=O)Nc2ccc3ccn(CC[C@H](CO[Si](C)(C)C(C)(C)C)NC(=O)c4c[nH]cn4)c3c2)cc1. The molecular formula is C33H45N5O3Si. The van der Waals surface area contributed by atoms with Gasteiger partial charge >= 0.3 is 0 Å². The Bertz CT molecular complexity index is 1470. The van der Waals surface area contributed by atoms with Crippen LogP contribution in [0.3, 0.4) is 0 Å². The molecule has 0 unspecified atom stereocenters. The smallest absolute Gasteiger partial charge is 0.271 e. The average molecular weight is 588 g/mol. The lowest BCUT2D eigenvalue weighted by Crippen LogP contribution is -2.46. The summed E-state index contributed by atoms with van der Waals surface area (Å²) < 4.78 is 8.67. The van der Waals surface area contributed by atoms with Crippen LogP contribution < -0.4 is 10.6 Å². The van der Waals surface area contributed by atoms with Crippen molar-refractivity contribution in [2.45, 2.75) is 84.1 Å². The van der Waals surface area contributed by atoms with Crippen molar-refractivity contribution in [2.75, 3.05) is 11.9 Å². The Kier molecular flexibility index (Phi) is 10.1. The normalized spacial score (nSPS) is 12.8. The molecule has 2 aromatic heterocycles. The number of aryl methyl sites for hydroxylation is 3. The fourth-order valence-electron chi connectivity index (χ4n) is 4.55. The second-order valence-electron chi connectivity index (χ2n) is 12.7. The number of amides is 2. The summed E-state index contributed by atoms with van der Waals surface area (Å²) in [6.45, 7) is 14.3. The molecule has 4 aromatic rings. The molecule has 0 saturated carbocycles. The number of hydrogen-bond acceptors (Lipinski definition) is 4. The quantitative estimate of drug-likeness (QED) is 0.149. The summed E-state index contributed by atoms with van der Waals surface area (Å²) in [6, 6.07) is 16.4. The Morgan fingerprint density at radius 3 is 2.55 bits per heavy atom.